The normalized spacial score (nSPS) is 9.93. The van der Waals surface area contributed by atoms with Gasteiger partial charge in [0.1, 0.15) is 0 Å². The third-order valence-corrected chi connectivity index (χ3v) is 4.95. The number of nitrogens with zero attached hydrogens (tertiary/aromatic N) is 1. The smallest absolute Gasteiger partial charge is 0.310 e. The molecule has 0 heterocycles. The lowest BCUT2D eigenvalue weighted by Crippen LogP contribution is -2.05. The highest BCUT2D eigenvalue weighted by atomic mass is 35.5. The molecule has 0 aliphatic heterocycles. The van der Waals surface area contributed by atoms with Crippen LogP contribution < -0.4 is 5.73 Å². The first-order valence-electron chi connectivity index (χ1n) is 7.99. The SMILES string of the molecule is COC(=O)Cc1c(Cl)cc(N)cc1Cl.COC(=O)Cc1c(Cl)cc([N+](=O)[O-])cc1Cl. The van der Waals surface area contributed by atoms with Crippen LogP contribution in [0.3, 0.4) is 0 Å². The van der Waals surface area contributed by atoms with E-state index in [0.29, 0.717) is 26.9 Å². The third-order valence-electron chi connectivity index (χ3n) is 3.60. The van der Waals surface area contributed by atoms with Gasteiger partial charge in [-0.1, -0.05) is 46.4 Å². The van der Waals surface area contributed by atoms with Crippen molar-refractivity contribution in [2.24, 2.45) is 0 Å². The molecule has 0 aromatic heterocycles. The molecular weight excluding hydrogens is 482 g/mol. The number of carbonyl (C=O) groups excluding carboxylic acids is 2. The fourth-order valence-electron chi connectivity index (χ4n) is 2.09. The summed E-state index contributed by atoms with van der Waals surface area (Å²) in [4.78, 5) is 31.9. The van der Waals surface area contributed by atoms with Crippen molar-refractivity contribution in [1.82, 2.24) is 0 Å². The number of ether oxygens (including phenoxy) is 2. The van der Waals surface area contributed by atoms with Gasteiger partial charge in [0.05, 0.1) is 42.0 Å². The minimum Gasteiger partial charge on any atom is -0.469 e. The Bertz CT molecular complexity index is 922. The van der Waals surface area contributed by atoms with Crippen LogP contribution in [-0.2, 0) is 31.9 Å². The van der Waals surface area contributed by atoms with Crippen molar-refractivity contribution in [3.05, 3.63) is 65.6 Å². The van der Waals surface area contributed by atoms with Crippen molar-refractivity contribution in [3.63, 3.8) is 0 Å². The molecule has 0 bridgehead atoms. The first-order chi connectivity index (χ1) is 14.0. The maximum atomic E-state index is 11.0. The first kappa shape index (κ1) is 25.8. The van der Waals surface area contributed by atoms with Gasteiger partial charge >= 0.3 is 11.9 Å². The molecule has 162 valence electrons. The number of nitro groups is 1. The molecule has 0 amide bonds. The summed E-state index contributed by atoms with van der Waals surface area (Å²) in [6.45, 7) is 0. The molecule has 0 atom stereocenters. The minimum absolute atomic E-state index is 0.0500. The summed E-state index contributed by atoms with van der Waals surface area (Å²) in [5.41, 5.74) is 6.61. The van der Waals surface area contributed by atoms with Crippen LogP contribution in [0.15, 0.2) is 24.3 Å². The van der Waals surface area contributed by atoms with E-state index >= 15 is 0 Å². The number of esters is 2. The maximum absolute atomic E-state index is 11.0. The highest BCUT2D eigenvalue weighted by Crippen LogP contribution is 2.31. The van der Waals surface area contributed by atoms with Crippen molar-refractivity contribution < 1.29 is 24.0 Å². The van der Waals surface area contributed by atoms with E-state index in [2.05, 4.69) is 9.47 Å². The topological polar surface area (TPSA) is 122 Å². The fourth-order valence-corrected chi connectivity index (χ4v) is 3.34. The molecule has 0 aliphatic rings. The van der Waals surface area contributed by atoms with Gasteiger partial charge in [0.2, 0.25) is 0 Å². The first-order valence-corrected chi connectivity index (χ1v) is 9.50. The zero-order valence-corrected chi connectivity index (χ0v) is 18.7. The zero-order valence-electron chi connectivity index (χ0n) is 15.7. The lowest BCUT2D eigenvalue weighted by molar-refractivity contribution is -0.384. The van der Waals surface area contributed by atoms with Crippen LogP contribution in [0.4, 0.5) is 11.4 Å². The van der Waals surface area contributed by atoms with Gasteiger partial charge in [-0.15, -0.1) is 0 Å². The van der Waals surface area contributed by atoms with Crippen molar-refractivity contribution in [2.75, 3.05) is 20.0 Å². The molecular formula is C18H16Cl4N2O6. The number of anilines is 1. The summed E-state index contributed by atoms with van der Waals surface area (Å²) >= 11 is 23.3. The molecule has 0 saturated heterocycles. The van der Waals surface area contributed by atoms with Crippen LogP contribution in [0.25, 0.3) is 0 Å². The van der Waals surface area contributed by atoms with E-state index in [-0.39, 0.29) is 28.6 Å². The lowest BCUT2D eigenvalue weighted by atomic mass is 10.1. The van der Waals surface area contributed by atoms with Crippen LogP contribution >= 0.6 is 46.4 Å². The van der Waals surface area contributed by atoms with Crippen LogP contribution in [0.5, 0.6) is 0 Å². The molecule has 0 aliphatic carbocycles. The van der Waals surface area contributed by atoms with E-state index in [9.17, 15) is 19.7 Å². The number of non-ortho nitro benzene ring substituents is 1. The highest BCUT2D eigenvalue weighted by Gasteiger charge is 2.17. The second kappa shape index (κ2) is 11.8. The highest BCUT2D eigenvalue weighted by molar-refractivity contribution is 6.37. The monoisotopic (exact) mass is 496 g/mol. The number of nitrogen functional groups attached to an aromatic ring is 1. The number of rotatable bonds is 5. The Labute approximate surface area is 191 Å². The summed E-state index contributed by atoms with van der Waals surface area (Å²) in [6, 6.07) is 5.38. The average Bonchev–Trinajstić information content (AvgIpc) is 2.67. The molecule has 0 radical (unpaired) electrons. The van der Waals surface area contributed by atoms with Gasteiger partial charge in [-0.2, -0.15) is 0 Å². The third kappa shape index (κ3) is 7.53. The average molecular weight is 498 g/mol. The number of methoxy groups -OCH3 is 2. The molecule has 2 rings (SSSR count). The number of hydrogen-bond acceptors (Lipinski definition) is 7. The largest absolute Gasteiger partial charge is 0.469 e. The quantitative estimate of drug-likeness (QED) is 0.269. The number of carbonyl (C=O) groups is 2. The summed E-state index contributed by atoms with van der Waals surface area (Å²) in [6.07, 6.45) is -0.0688. The number of halogens is 4. The van der Waals surface area contributed by atoms with Crippen LogP contribution in [0, 0.1) is 10.1 Å². The Balaban J connectivity index is 0.000000303. The molecule has 30 heavy (non-hydrogen) atoms. The van der Waals surface area contributed by atoms with Crippen molar-refractivity contribution in [3.8, 4) is 0 Å². The number of hydrogen-bond donors (Lipinski definition) is 1. The van der Waals surface area contributed by atoms with E-state index in [0.717, 1.165) is 12.1 Å². The second-order valence-corrected chi connectivity index (χ2v) is 7.24. The van der Waals surface area contributed by atoms with E-state index in [4.69, 9.17) is 52.1 Å². The molecule has 0 saturated carbocycles. The molecule has 2 aromatic rings. The molecule has 0 unspecified atom stereocenters. The maximum Gasteiger partial charge on any atom is 0.310 e. The van der Waals surface area contributed by atoms with Crippen molar-refractivity contribution in [2.45, 2.75) is 12.8 Å². The fraction of sp³-hybridized carbons (Fsp3) is 0.222. The lowest BCUT2D eigenvalue weighted by Gasteiger charge is -2.06. The summed E-state index contributed by atoms with van der Waals surface area (Å²) in [7, 11) is 2.54. The number of nitrogens with two attached hydrogens (primary N) is 1. The summed E-state index contributed by atoms with van der Waals surface area (Å²) in [5.74, 6) is -0.906. The molecule has 0 fully saturated rings. The zero-order chi connectivity index (χ0) is 23.0. The Kier molecular flexibility index (Phi) is 10.1. The predicted molar refractivity (Wildman–Crippen MR) is 115 cm³/mol. The van der Waals surface area contributed by atoms with Gasteiger partial charge in [-0.05, 0) is 12.1 Å². The molecule has 0 spiro atoms. The Hall–Kier alpha value is -2.26. The van der Waals surface area contributed by atoms with Crippen LogP contribution in [0.2, 0.25) is 20.1 Å². The van der Waals surface area contributed by atoms with Crippen molar-refractivity contribution >= 4 is 69.7 Å². The van der Waals surface area contributed by atoms with Gasteiger partial charge in [0.15, 0.2) is 0 Å². The van der Waals surface area contributed by atoms with Gasteiger partial charge in [0, 0.05) is 39.0 Å². The predicted octanol–water partition coefficient (Wildman–Crippen LogP) is 4.91. The Morgan fingerprint density at radius 1 is 0.867 bits per heavy atom. The van der Waals surface area contributed by atoms with E-state index < -0.39 is 16.9 Å². The number of nitro benzene ring substituents is 1. The standard InChI is InChI=1S/C9H7Cl2NO4.C9H9Cl2NO2/c1-16-9(13)4-6-7(10)2-5(12(14)15)3-8(6)11;1-14-9(13)4-6-7(10)2-5(12)3-8(6)11/h2-3H,4H2,1H3;2-3H,4,12H2,1H3. The van der Waals surface area contributed by atoms with Crippen LogP contribution in [-0.4, -0.2) is 31.1 Å². The van der Waals surface area contributed by atoms with Gasteiger partial charge in [0.25, 0.3) is 5.69 Å². The Morgan fingerprint density at radius 2 is 1.20 bits per heavy atom. The van der Waals surface area contributed by atoms with Gasteiger partial charge in [-0.3, -0.25) is 19.7 Å². The molecule has 12 heteroatoms. The van der Waals surface area contributed by atoms with E-state index in [1.54, 1.807) is 12.1 Å². The van der Waals surface area contributed by atoms with E-state index in [1.807, 2.05) is 0 Å². The second-order valence-electron chi connectivity index (χ2n) is 5.61. The summed E-state index contributed by atoms with van der Waals surface area (Å²) in [5, 5.41) is 11.4. The number of benzene rings is 2. The molecule has 2 aromatic carbocycles. The van der Waals surface area contributed by atoms with Crippen LogP contribution in [0.1, 0.15) is 11.1 Å². The van der Waals surface area contributed by atoms with Crippen molar-refractivity contribution in [1.29, 1.82) is 0 Å². The Morgan fingerprint density at radius 3 is 1.50 bits per heavy atom. The minimum atomic E-state index is -0.611. The van der Waals surface area contributed by atoms with Gasteiger partial charge in [-0.25, -0.2) is 0 Å². The molecule has 2 N–H and O–H groups in total. The van der Waals surface area contributed by atoms with E-state index in [1.165, 1.54) is 14.2 Å². The van der Waals surface area contributed by atoms with Gasteiger partial charge < -0.3 is 15.2 Å². The molecule has 8 nitrogen and oxygen atoms in total. The summed E-state index contributed by atoms with van der Waals surface area (Å²) < 4.78 is 8.96.